The number of nitrogens with zero attached hydrogens (tertiary/aromatic N) is 3. The molecule has 2 heterocycles. The number of amides is 1. The zero-order valence-corrected chi connectivity index (χ0v) is 21.8. The van der Waals surface area contributed by atoms with Crippen LogP contribution < -0.4 is 15.4 Å². The maximum absolute atomic E-state index is 13.2. The Labute approximate surface area is 221 Å². The van der Waals surface area contributed by atoms with Gasteiger partial charge in [-0.2, -0.15) is 0 Å². The molecular weight excluding hydrogens is 502 g/mol. The lowest BCUT2D eigenvalue weighted by Crippen LogP contribution is -2.15. The van der Waals surface area contributed by atoms with Crippen LogP contribution in [0, 0.1) is 12.8 Å². The van der Waals surface area contributed by atoms with Crippen LogP contribution in [-0.4, -0.2) is 42.1 Å². The van der Waals surface area contributed by atoms with Crippen LogP contribution in [0.2, 0.25) is 0 Å². The van der Waals surface area contributed by atoms with E-state index in [0.29, 0.717) is 24.2 Å². The molecule has 0 aliphatic heterocycles. The lowest BCUT2D eigenvalue weighted by atomic mass is 10.1. The van der Waals surface area contributed by atoms with Crippen molar-refractivity contribution in [2.75, 3.05) is 23.5 Å². The van der Waals surface area contributed by atoms with Crippen LogP contribution in [0.4, 0.5) is 17.3 Å². The van der Waals surface area contributed by atoms with Crippen molar-refractivity contribution in [2.45, 2.75) is 24.7 Å². The third-order valence-corrected chi connectivity index (χ3v) is 7.26. The maximum atomic E-state index is 13.2. The number of anilines is 3. The smallest absolute Gasteiger partial charge is 0.259 e. The van der Waals surface area contributed by atoms with Crippen molar-refractivity contribution in [2.24, 2.45) is 5.92 Å². The number of hydrogen-bond acceptors (Lipinski definition) is 8. The van der Waals surface area contributed by atoms with Crippen molar-refractivity contribution in [1.29, 1.82) is 0 Å². The van der Waals surface area contributed by atoms with Gasteiger partial charge < -0.3 is 15.4 Å². The number of aryl methyl sites for hydroxylation is 1. The van der Waals surface area contributed by atoms with Crippen LogP contribution in [0.15, 0.2) is 78.1 Å². The Balaban J connectivity index is 1.36. The third-order valence-electron chi connectivity index (χ3n) is 6.15. The van der Waals surface area contributed by atoms with Crippen molar-refractivity contribution >= 4 is 33.1 Å². The first-order valence-electron chi connectivity index (χ1n) is 12.2. The summed E-state index contributed by atoms with van der Waals surface area (Å²) in [4.78, 5) is 26.4. The predicted octanol–water partition coefficient (Wildman–Crippen LogP) is 5.04. The van der Waals surface area contributed by atoms with Gasteiger partial charge in [-0.15, -0.1) is 0 Å². The highest BCUT2D eigenvalue weighted by atomic mass is 32.2. The lowest BCUT2D eigenvalue weighted by Gasteiger charge is -2.14. The van der Waals surface area contributed by atoms with Crippen LogP contribution in [0.25, 0.3) is 11.3 Å². The Morgan fingerprint density at radius 2 is 1.92 bits per heavy atom. The average molecular weight is 530 g/mol. The van der Waals surface area contributed by atoms with Gasteiger partial charge in [0.1, 0.15) is 5.75 Å². The van der Waals surface area contributed by atoms with Gasteiger partial charge in [-0.1, -0.05) is 6.07 Å². The molecule has 9 nitrogen and oxygen atoms in total. The molecule has 4 aromatic rings. The molecule has 0 spiro atoms. The molecule has 2 aromatic heterocycles. The number of ether oxygens (including phenoxy) is 1. The molecule has 0 radical (unpaired) electrons. The Kier molecular flexibility index (Phi) is 7.06. The Bertz CT molecular complexity index is 1590. The Morgan fingerprint density at radius 1 is 1.08 bits per heavy atom. The molecule has 0 atom stereocenters. The van der Waals surface area contributed by atoms with Crippen molar-refractivity contribution in [3.8, 4) is 17.0 Å². The maximum Gasteiger partial charge on any atom is 0.259 e. The van der Waals surface area contributed by atoms with E-state index < -0.39 is 15.7 Å². The molecule has 5 rings (SSSR count). The number of pyridine rings is 1. The fourth-order valence-corrected chi connectivity index (χ4v) is 4.42. The lowest BCUT2D eigenvalue weighted by molar-refractivity contribution is 0.102. The number of carbonyl (C=O) groups is 1. The molecule has 1 saturated carbocycles. The van der Waals surface area contributed by atoms with Gasteiger partial charge in [-0.05, 0) is 79.8 Å². The highest BCUT2D eigenvalue weighted by Gasteiger charge is 2.24. The number of sulfone groups is 1. The van der Waals surface area contributed by atoms with Crippen molar-refractivity contribution in [3.63, 3.8) is 0 Å². The molecule has 2 N–H and O–H groups in total. The van der Waals surface area contributed by atoms with Gasteiger partial charge in [-0.3, -0.25) is 9.78 Å². The van der Waals surface area contributed by atoms with Gasteiger partial charge in [0.25, 0.3) is 5.91 Å². The summed E-state index contributed by atoms with van der Waals surface area (Å²) in [7, 11) is -3.45. The van der Waals surface area contributed by atoms with Gasteiger partial charge in [-0.25, -0.2) is 18.4 Å². The zero-order valence-electron chi connectivity index (χ0n) is 21.0. The molecule has 38 heavy (non-hydrogen) atoms. The fraction of sp³-hybridized carbons (Fsp3) is 0.214. The van der Waals surface area contributed by atoms with E-state index in [2.05, 4.69) is 25.6 Å². The van der Waals surface area contributed by atoms with E-state index in [1.165, 1.54) is 18.2 Å². The number of nitrogens with one attached hydrogen (secondary N) is 2. The van der Waals surface area contributed by atoms with Crippen molar-refractivity contribution < 1.29 is 17.9 Å². The summed E-state index contributed by atoms with van der Waals surface area (Å²) in [5.41, 5.74) is 4.08. The summed E-state index contributed by atoms with van der Waals surface area (Å²) in [6.07, 6.45) is 8.38. The Morgan fingerprint density at radius 3 is 2.66 bits per heavy atom. The first kappa shape index (κ1) is 25.3. The largest absolute Gasteiger partial charge is 0.492 e. The molecule has 1 aliphatic carbocycles. The van der Waals surface area contributed by atoms with Crippen LogP contribution in [0.3, 0.4) is 0 Å². The molecule has 1 aliphatic rings. The van der Waals surface area contributed by atoms with Gasteiger partial charge in [0.2, 0.25) is 5.95 Å². The average Bonchev–Trinajstić information content (AvgIpc) is 3.74. The minimum absolute atomic E-state index is 0.107. The van der Waals surface area contributed by atoms with Crippen LogP contribution in [-0.2, 0) is 9.84 Å². The molecule has 10 heteroatoms. The van der Waals surface area contributed by atoms with Crippen molar-refractivity contribution in [3.05, 3.63) is 84.3 Å². The third kappa shape index (κ3) is 6.15. The van der Waals surface area contributed by atoms with E-state index in [-0.39, 0.29) is 16.2 Å². The molecule has 0 saturated heterocycles. The van der Waals surface area contributed by atoms with E-state index in [4.69, 9.17) is 4.74 Å². The number of benzene rings is 2. The quantitative estimate of drug-likeness (QED) is 0.309. The summed E-state index contributed by atoms with van der Waals surface area (Å²) >= 11 is 0. The van der Waals surface area contributed by atoms with Crippen molar-refractivity contribution in [1.82, 2.24) is 15.0 Å². The standard InChI is InChI=1S/C28H27N5O4S/c1-18-5-8-21(14-25(18)33-28-30-13-11-24(32-28)20-4-3-12-29-16-20)31-27(34)23-10-9-22(38(2,35)36)15-26(23)37-17-19-6-7-19/h3-5,8-16,19H,6-7,17H2,1-2H3,(H,31,34)(H,30,32,33). The van der Waals surface area contributed by atoms with Crippen LogP contribution in [0.1, 0.15) is 28.8 Å². The summed E-state index contributed by atoms with van der Waals surface area (Å²) in [6.45, 7) is 2.39. The van der Waals surface area contributed by atoms with E-state index in [9.17, 15) is 13.2 Å². The number of aromatic nitrogens is 3. The van der Waals surface area contributed by atoms with E-state index in [1.54, 1.807) is 30.7 Å². The fourth-order valence-electron chi connectivity index (χ4n) is 3.78. The molecule has 1 amide bonds. The highest BCUT2D eigenvalue weighted by Crippen LogP contribution is 2.32. The van der Waals surface area contributed by atoms with Crippen LogP contribution >= 0.6 is 0 Å². The van der Waals surface area contributed by atoms with E-state index >= 15 is 0 Å². The zero-order chi connectivity index (χ0) is 26.7. The predicted molar refractivity (Wildman–Crippen MR) is 145 cm³/mol. The topological polar surface area (TPSA) is 123 Å². The van der Waals surface area contributed by atoms with Gasteiger partial charge in [0, 0.05) is 41.8 Å². The first-order chi connectivity index (χ1) is 18.3. The molecule has 2 aromatic carbocycles. The van der Waals surface area contributed by atoms with Crippen LogP contribution in [0.5, 0.6) is 5.75 Å². The van der Waals surface area contributed by atoms with E-state index in [0.717, 1.165) is 41.6 Å². The second-order valence-corrected chi connectivity index (χ2v) is 11.3. The second kappa shape index (κ2) is 10.6. The molecule has 0 unspecified atom stereocenters. The minimum atomic E-state index is -3.45. The second-order valence-electron chi connectivity index (χ2n) is 9.30. The summed E-state index contributed by atoms with van der Waals surface area (Å²) in [5, 5.41) is 6.12. The number of carbonyl (C=O) groups excluding carboxylic acids is 1. The first-order valence-corrected chi connectivity index (χ1v) is 14.0. The molecule has 194 valence electrons. The monoisotopic (exact) mass is 529 g/mol. The minimum Gasteiger partial charge on any atom is -0.492 e. The van der Waals surface area contributed by atoms with Gasteiger partial charge in [0.05, 0.1) is 22.8 Å². The summed E-state index contributed by atoms with van der Waals surface area (Å²) in [6, 6.07) is 15.4. The number of hydrogen-bond donors (Lipinski definition) is 2. The summed E-state index contributed by atoms with van der Waals surface area (Å²) in [5.74, 6) is 0.700. The normalized spacial score (nSPS) is 13.1. The van der Waals surface area contributed by atoms with E-state index in [1.807, 2.05) is 31.2 Å². The summed E-state index contributed by atoms with van der Waals surface area (Å²) < 4.78 is 30.0. The molecule has 0 bridgehead atoms. The highest BCUT2D eigenvalue weighted by molar-refractivity contribution is 7.90. The molecule has 1 fully saturated rings. The molecular formula is C28H27N5O4S. The Hall–Kier alpha value is -4.31. The SMILES string of the molecule is Cc1ccc(NC(=O)c2ccc(S(C)(=O)=O)cc2OCC2CC2)cc1Nc1nccc(-c2cccnc2)n1. The van der Waals surface area contributed by atoms with Gasteiger partial charge in [0.15, 0.2) is 9.84 Å². The van der Waals surface area contributed by atoms with Gasteiger partial charge >= 0.3 is 0 Å². The number of rotatable bonds is 9.